The maximum absolute atomic E-state index is 8.66. The monoisotopic (exact) mass is 175 g/mol. The predicted molar refractivity (Wildman–Crippen MR) is 49.5 cm³/mol. The second-order valence-corrected chi connectivity index (χ2v) is 3.76. The fourth-order valence-electron chi connectivity index (χ4n) is 1.08. The molecule has 0 aliphatic rings. The lowest BCUT2D eigenvalue weighted by atomic mass is 10.0. The largest absolute Gasteiger partial charge is 0.367 e. The zero-order valence-electron chi connectivity index (χ0n) is 8.03. The van der Waals surface area contributed by atoms with Crippen molar-refractivity contribution < 1.29 is 10.2 Å². The first-order valence-electron chi connectivity index (χ1n) is 4.65. The van der Waals surface area contributed by atoms with E-state index in [0.717, 1.165) is 18.8 Å². The van der Waals surface area contributed by atoms with E-state index in [1.54, 1.807) is 0 Å². The van der Waals surface area contributed by atoms with Crippen LogP contribution in [0.5, 0.6) is 0 Å². The van der Waals surface area contributed by atoms with Gasteiger partial charge >= 0.3 is 0 Å². The van der Waals surface area contributed by atoms with E-state index in [4.69, 9.17) is 15.9 Å². The standard InChI is InChI=1S/C9H21NO2/c1-7(2)5-3-4-6-8(10)9(11)12/h7-9,11-12H,3-6,10H2,1-2H3. The van der Waals surface area contributed by atoms with Gasteiger partial charge in [0.05, 0.1) is 6.04 Å². The van der Waals surface area contributed by atoms with Gasteiger partial charge in [-0.3, -0.25) is 0 Å². The van der Waals surface area contributed by atoms with E-state index in [1.165, 1.54) is 6.42 Å². The molecule has 0 aromatic heterocycles. The molecule has 3 heteroatoms. The quantitative estimate of drug-likeness (QED) is 0.414. The minimum Gasteiger partial charge on any atom is -0.367 e. The zero-order chi connectivity index (χ0) is 9.56. The van der Waals surface area contributed by atoms with E-state index in [2.05, 4.69) is 13.8 Å². The first-order chi connectivity index (χ1) is 5.54. The second kappa shape index (κ2) is 6.40. The number of aliphatic hydroxyl groups is 2. The lowest BCUT2D eigenvalue weighted by Crippen LogP contribution is -2.34. The van der Waals surface area contributed by atoms with Crippen molar-refractivity contribution in [1.82, 2.24) is 0 Å². The van der Waals surface area contributed by atoms with E-state index in [0.29, 0.717) is 6.42 Å². The average molecular weight is 175 g/mol. The van der Waals surface area contributed by atoms with Crippen molar-refractivity contribution >= 4 is 0 Å². The van der Waals surface area contributed by atoms with Crippen molar-refractivity contribution in [2.75, 3.05) is 0 Å². The normalized spacial score (nSPS) is 14.2. The highest BCUT2D eigenvalue weighted by molar-refractivity contribution is 4.62. The number of rotatable bonds is 6. The van der Waals surface area contributed by atoms with Crippen LogP contribution < -0.4 is 5.73 Å². The summed E-state index contributed by atoms with van der Waals surface area (Å²) in [5, 5.41) is 17.3. The summed E-state index contributed by atoms with van der Waals surface area (Å²) in [5.41, 5.74) is 5.43. The van der Waals surface area contributed by atoms with Crippen LogP contribution in [0.2, 0.25) is 0 Å². The SMILES string of the molecule is CC(C)CCCCC(N)C(O)O. The molecule has 0 fully saturated rings. The summed E-state index contributed by atoms with van der Waals surface area (Å²) in [5.74, 6) is 0.722. The number of unbranched alkanes of at least 4 members (excludes halogenated alkanes) is 1. The van der Waals surface area contributed by atoms with Crippen LogP contribution in [-0.2, 0) is 0 Å². The lowest BCUT2D eigenvalue weighted by molar-refractivity contribution is -0.0599. The molecule has 4 N–H and O–H groups in total. The molecular formula is C9H21NO2. The maximum Gasteiger partial charge on any atom is 0.166 e. The molecule has 0 aromatic rings. The van der Waals surface area contributed by atoms with Crippen LogP contribution in [0.15, 0.2) is 0 Å². The van der Waals surface area contributed by atoms with Crippen molar-refractivity contribution in [3.63, 3.8) is 0 Å². The van der Waals surface area contributed by atoms with Gasteiger partial charge in [0.2, 0.25) is 0 Å². The van der Waals surface area contributed by atoms with E-state index in [1.807, 2.05) is 0 Å². The molecule has 0 saturated carbocycles. The molecule has 0 radical (unpaired) electrons. The third-order valence-corrected chi connectivity index (χ3v) is 1.95. The highest BCUT2D eigenvalue weighted by Crippen LogP contribution is 2.09. The highest BCUT2D eigenvalue weighted by Gasteiger charge is 2.09. The Hall–Kier alpha value is -0.120. The molecule has 0 rings (SSSR count). The van der Waals surface area contributed by atoms with Crippen LogP contribution >= 0.6 is 0 Å². The molecule has 12 heavy (non-hydrogen) atoms. The minimum atomic E-state index is -1.36. The maximum atomic E-state index is 8.66. The highest BCUT2D eigenvalue weighted by atomic mass is 16.5. The summed E-state index contributed by atoms with van der Waals surface area (Å²) in [6.07, 6.45) is 2.64. The summed E-state index contributed by atoms with van der Waals surface area (Å²) in [4.78, 5) is 0. The summed E-state index contributed by atoms with van der Waals surface area (Å²) >= 11 is 0. The van der Waals surface area contributed by atoms with Crippen LogP contribution in [0.3, 0.4) is 0 Å². The molecule has 0 amide bonds. The zero-order valence-corrected chi connectivity index (χ0v) is 8.03. The van der Waals surface area contributed by atoms with E-state index in [9.17, 15) is 0 Å². The van der Waals surface area contributed by atoms with E-state index >= 15 is 0 Å². The van der Waals surface area contributed by atoms with Gasteiger partial charge in [-0.2, -0.15) is 0 Å². The van der Waals surface area contributed by atoms with Gasteiger partial charge in [0.15, 0.2) is 6.29 Å². The van der Waals surface area contributed by atoms with Gasteiger partial charge < -0.3 is 15.9 Å². The molecule has 0 heterocycles. The number of hydrogen-bond acceptors (Lipinski definition) is 3. The van der Waals surface area contributed by atoms with Crippen molar-refractivity contribution in [1.29, 1.82) is 0 Å². The first kappa shape index (κ1) is 11.9. The Labute approximate surface area is 74.6 Å². The van der Waals surface area contributed by atoms with Crippen LogP contribution in [-0.4, -0.2) is 22.5 Å². The molecule has 74 valence electrons. The van der Waals surface area contributed by atoms with Gasteiger partial charge in [0.1, 0.15) is 0 Å². The molecule has 0 aliphatic heterocycles. The number of aliphatic hydroxyl groups excluding tert-OH is 1. The van der Waals surface area contributed by atoms with Gasteiger partial charge in [-0.15, -0.1) is 0 Å². The molecular weight excluding hydrogens is 154 g/mol. The Morgan fingerprint density at radius 3 is 2.00 bits per heavy atom. The van der Waals surface area contributed by atoms with Gasteiger partial charge in [-0.25, -0.2) is 0 Å². The average Bonchev–Trinajstić information content (AvgIpc) is 1.97. The third-order valence-electron chi connectivity index (χ3n) is 1.95. The summed E-state index contributed by atoms with van der Waals surface area (Å²) in [6.45, 7) is 4.36. The molecule has 0 saturated heterocycles. The van der Waals surface area contributed by atoms with Crippen molar-refractivity contribution in [3.05, 3.63) is 0 Å². The Morgan fingerprint density at radius 1 is 1.08 bits per heavy atom. The van der Waals surface area contributed by atoms with Gasteiger partial charge in [0.25, 0.3) is 0 Å². The van der Waals surface area contributed by atoms with Crippen LogP contribution in [0.1, 0.15) is 39.5 Å². The lowest BCUT2D eigenvalue weighted by Gasteiger charge is -2.13. The van der Waals surface area contributed by atoms with E-state index < -0.39 is 12.3 Å². The smallest absolute Gasteiger partial charge is 0.166 e. The third kappa shape index (κ3) is 6.58. The minimum absolute atomic E-state index is 0.475. The molecule has 0 aromatic carbocycles. The molecule has 0 bridgehead atoms. The van der Waals surface area contributed by atoms with Gasteiger partial charge in [-0.05, 0) is 12.3 Å². The predicted octanol–water partition coefficient (Wildman–Crippen LogP) is 0.841. The molecule has 1 atom stereocenters. The molecule has 0 aliphatic carbocycles. The Morgan fingerprint density at radius 2 is 1.58 bits per heavy atom. The molecule has 0 spiro atoms. The fourth-order valence-corrected chi connectivity index (χ4v) is 1.08. The summed E-state index contributed by atoms with van der Waals surface area (Å²) in [7, 11) is 0. The molecule has 3 nitrogen and oxygen atoms in total. The molecule has 1 unspecified atom stereocenters. The second-order valence-electron chi connectivity index (χ2n) is 3.76. The first-order valence-corrected chi connectivity index (χ1v) is 4.65. The summed E-state index contributed by atoms with van der Waals surface area (Å²) < 4.78 is 0. The van der Waals surface area contributed by atoms with Crippen molar-refractivity contribution in [2.24, 2.45) is 11.7 Å². The van der Waals surface area contributed by atoms with Crippen LogP contribution in [0, 0.1) is 5.92 Å². The van der Waals surface area contributed by atoms with Gasteiger partial charge in [0, 0.05) is 0 Å². The number of hydrogen-bond donors (Lipinski definition) is 3. The Balaban J connectivity index is 3.20. The Bertz CT molecular complexity index is 105. The van der Waals surface area contributed by atoms with Crippen molar-refractivity contribution in [3.8, 4) is 0 Å². The van der Waals surface area contributed by atoms with E-state index in [-0.39, 0.29) is 0 Å². The van der Waals surface area contributed by atoms with Crippen LogP contribution in [0.4, 0.5) is 0 Å². The fraction of sp³-hybridized carbons (Fsp3) is 1.00. The summed E-state index contributed by atoms with van der Waals surface area (Å²) in [6, 6.07) is -0.475. The topological polar surface area (TPSA) is 66.5 Å². The van der Waals surface area contributed by atoms with Crippen LogP contribution in [0.25, 0.3) is 0 Å². The van der Waals surface area contributed by atoms with Crippen molar-refractivity contribution in [2.45, 2.75) is 51.9 Å². The number of nitrogens with two attached hydrogens (primary N) is 1. The Kier molecular flexibility index (Phi) is 6.34. The van der Waals surface area contributed by atoms with Gasteiger partial charge in [-0.1, -0.05) is 33.1 Å².